The second-order valence-electron chi connectivity index (χ2n) is 5.31. The van der Waals surface area contributed by atoms with Crippen molar-refractivity contribution >= 4 is 29.3 Å². The van der Waals surface area contributed by atoms with Gasteiger partial charge in [-0.1, -0.05) is 12.1 Å². The number of carbonyl (C=O) groups excluding carboxylic acids is 2. The molecule has 1 aromatic carbocycles. The zero-order chi connectivity index (χ0) is 14.7. The topological polar surface area (TPSA) is 61.4 Å². The van der Waals surface area contributed by atoms with Gasteiger partial charge in [-0.25, -0.2) is 0 Å². The van der Waals surface area contributed by atoms with Crippen molar-refractivity contribution in [2.75, 3.05) is 23.1 Å². The number of nitrogens with one attached hydrogen (secondary N) is 2. The van der Waals surface area contributed by atoms with Crippen LogP contribution in [0.5, 0.6) is 0 Å². The van der Waals surface area contributed by atoms with Crippen molar-refractivity contribution in [3.05, 3.63) is 29.8 Å². The average molecular weight is 305 g/mol. The fraction of sp³-hybridized carbons (Fsp3) is 0.467. The van der Waals surface area contributed by atoms with E-state index in [0.717, 1.165) is 35.8 Å². The summed E-state index contributed by atoms with van der Waals surface area (Å²) in [5.41, 5.74) is 1.99. The molecule has 2 aliphatic heterocycles. The minimum Gasteiger partial charge on any atom is -0.351 e. The van der Waals surface area contributed by atoms with Crippen molar-refractivity contribution in [3.63, 3.8) is 0 Å². The molecule has 2 heterocycles. The predicted octanol–water partition coefficient (Wildman–Crippen LogP) is 1.09. The maximum atomic E-state index is 11.9. The number of amides is 2. The van der Waals surface area contributed by atoms with Crippen LogP contribution in [0, 0.1) is 0 Å². The van der Waals surface area contributed by atoms with Gasteiger partial charge < -0.3 is 10.2 Å². The van der Waals surface area contributed by atoms with Gasteiger partial charge in [0.25, 0.3) is 0 Å². The van der Waals surface area contributed by atoms with Crippen LogP contribution in [0.2, 0.25) is 0 Å². The van der Waals surface area contributed by atoms with Crippen LogP contribution in [-0.4, -0.2) is 36.0 Å². The van der Waals surface area contributed by atoms with E-state index in [0.29, 0.717) is 13.0 Å². The Kier molecular flexibility index (Phi) is 4.45. The lowest BCUT2D eigenvalue weighted by molar-refractivity contribution is -0.122. The lowest BCUT2D eigenvalue weighted by Gasteiger charge is -2.16. The number of benzene rings is 1. The number of rotatable bonds is 4. The van der Waals surface area contributed by atoms with E-state index in [-0.39, 0.29) is 17.9 Å². The van der Waals surface area contributed by atoms with Crippen LogP contribution in [0.25, 0.3) is 0 Å². The summed E-state index contributed by atoms with van der Waals surface area (Å²) >= 11 is 1.74. The number of carbonyl (C=O) groups is 2. The van der Waals surface area contributed by atoms with Crippen LogP contribution in [0.15, 0.2) is 24.3 Å². The molecule has 3 rings (SSSR count). The van der Waals surface area contributed by atoms with Gasteiger partial charge in [-0.3, -0.25) is 14.9 Å². The molecule has 2 saturated heterocycles. The zero-order valence-electron chi connectivity index (χ0n) is 11.8. The number of anilines is 1. The third-order valence-corrected chi connectivity index (χ3v) is 4.76. The molecule has 0 bridgehead atoms. The van der Waals surface area contributed by atoms with Crippen molar-refractivity contribution in [1.82, 2.24) is 10.6 Å². The third-order valence-electron chi connectivity index (χ3n) is 3.82. The second kappa shape index (κ2) is 6.49. The van der Waals surface area contributed by atoms with Crippen molar-refractivity contribution < 1.29 is 9.59 Å². The summed E-state index contributed by atoms with van der Waals surface area (Å²) in [5, 5.41) is 6.09. The molecule has 1 atom stereocenters. The van der Waals surface area contributed by atoms with E-state index >= 15 is 0 Å². The van der Waals surface area contributed by atoms with Crippen molar-refractivity contribution in [3.8, 4) is 0 Å². The van der Waals surface area contributed by atoms with E-state index in [9.17, 15) is 9.59 Å². The lowest BCUT2D eigenvalue weighted by Crippen LogP contribution is -2.41. The minimum atomic E-state index is -0.0727. The molecule has 2 aliphatic rings. The first-order valence-corrected chi connectivity index (χ1v) is 8.37. The summed E-state index contributed by atoms with van der Waals surface area (Å²) in [6.45, 7) is 1.33. The quantitative estimate of drug-likeness (QED) is 0.874. The van der Waals surface area contributed by atoms with Gasteiger partial charge >= 0.3 is 0 Å². The summed E-state index contributed by atoms with van der Waals surface area (Å²) in [6, 6.07) is 7.77. The van der Waals surface area contributed by atoms with Crippen LogP contribution in [0.3, 0.4) is 0 Å². The molecule has 112 valence electrons. The Hall–Kier alpha value is -1.53. The summed E-state index contributed by atoms with van der Waals surface area (Å²) in [5.74, 6) is 1.93. The molecule has 1 aromatic rings. The first kappa shape index (κ1) is 14.4. The van der Waals surface area contributed by atoms with E-state index in [1.807, 2.05) is 29.2 Å². The number of thioether (sulfide) groups is 1. The fourth-order valence-corrected chi connectivity index (χ4v) is 3.53. The number of nitrogens with zero attached hydrogens (tertiary/aromatic N) is 1. The van der Waals surface area contributed by atoms with Gasteiger partial charge in [0, 0.05) is 36.8 Å². The van der Waals surface area contributed by atoms with Crippen molar-refractivity contribution in [2.24, 2.45) is 0 Å². The number of hydrogen-bond acceptors (Lipinski definition) is 4. The molecular formula is C15H19N3O2S. The van der Waals surface area contributed by atoms with E-state index in [4.69, 9.17) is 0 Å². The van der Waals surface area contributed by atoms with Crippen LogP contribution >= 0.6 is 11.8 Å². The molecule has 1 unspecified atom stereocenters. The van der Waals surface area contributed by atoms with Gasteiger partial charge in [0.1, 0.15) is 0 Å². The Balaban J connectivity index is 1.54. The molecule has 2 N–H and O–H groups in total. The summed E-state index contributed by atoms with van der Waals surface area (Å²) in [6.07, 6.45) is 1.58. The van der Waals surface area contributed by atoms with Gasteiger partial charge in [0.05, 0.1) is 6.04 Å². The molecule has 2 amide bonds. The SMILES string of the molecule is O=C(NCc1ccc(N2CCCC2=O)cc1)C1CSCN1. The monoisotopic (exact) mass is 305 g/mol. The van der Waals surface area contributed by atoms with E-state index in [1.165, 1.54) is 0 Å². The van der Waals surface area contributed by atoms with E-state index in [1.54, 1.807) is 11.8 Å². The van der Waals surface area contributed by atoms with Crippen molar-refractivity contribution in [1.29, 1.82) is 0 Å². The second-order valence-corrected chi connectivity index (χ2v) is 6.34. The van der Waals surface area contributed by atoms with Gasteiger partial charge in [0.15, 0.2) is 0 Å². The van der Waals surface area contributed by atoms with Crippen molar-refractivity contribution in [2.45, 2.75) is 25.4 Å². The maximum Gasteiger partial charge on any atom is 0.238 e. The molecule has 0 saturated carbocycles. The summed E-state index contributed by atoms with van der Waals surface area (Å²) in [7, 11) is 0. The largest absolute Gasteiger partial charge is 0.351 e. The average Bonchev–Trinajstić information content (AvgIpc) is 3.17. The Morgan fingerprint density at radius 1 is 1.38 bits per heavy atom. The highest BCUT2D eigenvalue weighted by Crippen LogP contribution is 2.21. The molecule has 6 heteroatoms. The summed E-state index contributed by atoms with van der Waals surface area (Å²) in [4.78, 5) is 25.4. The van der Waals surface area contributed by atoms with Gasteiger partial charge in [-0.2, -0.15) is 0 Å². The van der Waals surface area contributed by atoms with E-state index < -0.39 is 0 Å². The lowest BCUT2D eigenvalue weighted by atomic mass is 10.2. The molecule has 0 radical (unpaired) electrons. The van der Waals surface area contributed by atoms with Crippen LogP contribution < -0.4 is 15.5 Å². The summed E-state index contributed by atoms with van der Waals surface area (Å²) < 4.78 is 0. The zero-order valence-corrected chi connectivity index (χ0v) is 12.6. The third kappa shape index (κ3) is 3.39. The highest BCUT2D eigenvalue weighted by atomic mass is 32.2. The molecule has 5 nitrogen and oxygen atoms in total. The van der Waals surface area contributed by atoms with Gasteiger partial charge in [0.2, 0.25) is 11.8 Å². The number of hydrogen-bond donors (Lipinski definition) is 2. The van der Waals surface area contributed by atoms with Gasteiger partial charge in [-0.05, 0) is 24.1 Å². The molecule has 2 fully saturated rings. The van der Waals surface area contributed by atoms with Crippen LogP contribution in [-0.2, 0) is 16.1 Å². The molecule has 0 spiro atoms. The Morgan fingerprint density at radius 2 is 2.19 bits per heavy atom. The van der Waals surface area contributed by atoms with Crippen LogP contribution in [0.4, 0.5) is 5.69 Å². The molecule has 0 aromatic heterocycles. The highest BCUT2D eigenvalue weighted by Gasteiger charge is 2.22. The molecular weight excluding hydrogens is 286 g/mol. The van der Waals surface area contributed by atoms with Gasteiger partial charge in [-0.15, -0.1) is 11.8 Å². The molecule has 0 aliphatic carbocycles. The van der Waals surface area contributed by atoms with Crippen LogP contribution in [0.1, 0.15) is 18.4 Å². The highest BCUT2D eigenvalue weighted by molar-refractivity contribution is 7.99. The molecule has 21 heavy (non-hydrogen) atoms. The standard InChI is InChI=1S/C15H19N3O2S/c19-14-2-1-7-18(14)12-5-3-11(4-6-12)8-16-15(20)13-9-21-10-17-13/h3-6,13,17H,1-2,7-10H2,(H,16,20). The Bertz CT molecular complexity index is 526. The normalized spacial score (nSPS) is 21.8. The predicted molar refractivity (Wildman–Crippen MR) is 84.1 cm³/mol. The Morgan fingerprint density at radius 3 is 2.81 bits per heavy atom. The minimum absolute atomic E-state index is 0.0544. The Labute approximate surface area is 128 Å². The maximum absolute atomic E-state index is 11.9. The first-order valence-electron chi connectivity index (χ1n) is 7.22. The fourth-order valence-electron chi connectivity index (χ4n) is 2.59. The first-order chi connectivity index (χ1) is 10.2. The van der Waals surface area contributed by atoms with E-state index in [2.05, 4.69) is 10.6 Å². The smallest absolute Gasteiger partial charge is 0.238 e.